The number of halogens is 1. The number of nitrogens with zero attached hydrogens (tertiary/aromatic N) is 2. The Hall–Kier alpha value is -1.69. The summed E-state index contributed by atoms with van der Waals surface area (Å²) in [7, 11) is 4.64. The Balaban J connectivity index is 1.40. The number of piperidine rings is 1. The molecule has 4 nitrogen and oxygen atoms in total. The highest BCUT2D eigenvalue weighted by Crippen LogP contribution is 2.42. The number of likely N-dealkylation sites (N-methyl/N-ethyl adjacent to an activating group) is 1. The van der Waals surface area contributed by atoms with Gasteiger partial charge in [-0.15, -0.1) is 0 Å². The zero-order valence-electron chi connectivity index (χ0n) is 20.0. The van der Waals surface area contributed by atoms with Crippen LogP contribution in [-0.4, -0.2) is 60.2 Å². The SMILES string of the molecule is C[N+](C)(CCc1ccc(Br)cc1)C1CCN(C(=O)C(O)(c2ccccc2)C2CCCC2)CC1. The second kappa shape index (κ2) is 10.3. The van der Waals surface area contributed by atoms with Crippen LogP contribution >= 0.6 is 15.9 Å². The standard InChI is InChI=1S/C28H38BrN2O2/c1-31(2,21-18-22-12-14-25(29)15-13-22)26-16-19-30(20-17-26)27(32)28(33,24-10-6-7-11-24)23-8-4-3-5-9-23/h3-5,8-9,12-15,24,26,33H,6-7,10-11,16-21H2,1-2H3/q+1. The molecular formula is C28H38BrN2O2+. The summed E-state index contributed by atoms with van der Waals surface area (Å²) in [5, 5.41) is 11.9. The van der Waals surface area contributed by atoms with Crippen molar-refractivity contribution in [2.75, 3.05) is 33.7 Å². The van der Waals surface area contributed by atoms with Crippen molar-refractivity contribution < 1.29 is 14.4 Å². The molecule has 33 heavy (non-hydrogen) atoms. The molecule has 1 atom stereocenters. The van der Waals surface area contributed by atoms with Crippen molar-refractivity contribution in [3.05, 3.63) is 70.2 Å². The molecule has 2 aromatic carbocycles. The van der Waals surface area contributed by atoms with Crippen LogP contribution in [0, 0.1) is 5.92 Å². The monoisotopic (exact) mass is 513 g/mol. The van der Waals surface area contributed by atoms with E-state index in [4.69, 9.17) is 0 Å². The summed E-state index contributed by atoms with van der Waals surface area (Å²) >= 11 is 3.51. The number of quaternary nitrogens is 1. The lowest BCUT2D eigenvalue weighted by Crippen LogP contribution is -2.58. The topological polar surface area (TPSA) is 40.5 Å². The van der Waals surface area contributed by atoms with Crippen molar-refractivity contribution in [3.8, 4) is 0 Å². The maximum Gasteiger partial charge on any atom is 0.259 e. The molecule has 1 amide bonds. The fourth-order valence-electron chi connectivity index (χ4n) is 5.83. The summed E-state index contributed by atoms with van der Waals surface area (Å²) in [5.74, 6) is -0.0672. The first-order valence-corrected chi connectivity index (χ1v) is 13.2. The molecule has 0 radical (unpaired) electrons. The summed E-state index contributed by atoms with van der Waals surface area (Å²) < 4.78 is 2.08. The molecule has 1 saturated carbocycles. The van der Waals surface area contributed by atoms with E-state index in [1.165, 1.54) is 5.56 Å². The largest absolute Gasteiger partial charge is 0.375 e. The van der Waals surface area contributed by atoms with Gasteiger partial charge in [-0.25, -0.2) is 0 Å². The zero-order valence-corrected chi connectivity index (χ0v) is 21.6. The quantitative estimate of drug-likeness (QED) is 0.520. The third kappa shape index (κ3) is 5.36. The predicted molar refractivity (Wildman–Crippen MR) is 137 cm³/mol. The average Bonchev–Trinajstić information content (AvgIpc) is 3.39. The number of amides is 1. The molecule has 1 saturated heterocycles. The smallest absolute Gasteiger partial charge is 0.259 e. The number of benzene rings is 2. The molecule has 2 aromatic rings. The normalized spacial score (nSPS) is 20.1. The van der Waals surface area contributed by atoms with Crippen LogP contribution < -0.4 is 0 Å². The number of likely N-dealkylation sites (tertiary alicyclic amines) is 1. The molecular weight excluding hydrogens is 476 g/mol. The number of rotatable bonds is 7. The lowest BCUT2D eigenvalue weighted by molar-refractivity contribution is -0.916. The summed E-state index contributed by atoms with van der Waals surface area (Å²) in [6, 6.07) is 18.8. The molecule has 0 spiro atoms. The Kier molecular flexibility index (Phi) is 7.62. The lowest BCUT2D eigenvalue weighted by atomic mass is 9.78. The first-order valence-electron chi connectivity index (χ1n) is 12.4. The van der Waals surface area contributed by atoms with Crippen LogP contribution in [0.4, 0.5) is 0 Å². The molecule has 1 aliphatic heterocycles. The third-order valence-electron chi connectivity index (χ3n) is 8.12. The highest BCUT2D eigenvalue weighted by atomic mass is 79.9. The van der Waals surface area contributed by atoms with Gasteiger partial charge in [0.05, 0.1) is 26.7 Å². The number of carbonyl (C=O) groups is 1. The molecule has 1 unspecified atom stereocenters. The Morgan fingerprint density at radius 1 is 1.00 bits per heavy atom. The summed E-state index contributed by atoms with van der Waals surface area (Å²) in [6.45, 7) is 2.53. The van der Waals surface area contributed by atoms with Crippen molar-refractivity contribution in [2.45, 2.75) is 56.6 Å². The van der Waals surface area contributed by atoms with E-state index < -0.39 is 5.60 Å². The van der Waals surface area contributed by atoms with Crippen molar-refractivity contribution in [1.82, 2.24) is 4.90 Å². The summed E-state index contributed by atoms with van der Waals surface area (Å²) in [4.78, 5) is 15.7. The van der Waals surface area contributed by atoms with Crippen molar-refractivity contribution in [1.29, 1.82) is 0 Å². The molecule has 2 fully saturated rings. The summed E-state index contributed by atoms with van der Waals surface area (Å²) in [5.41, 5.74) is 0.729. The van der Waals surface area contributed by atoms with Crippen LogP contribution in [0.15, 0.2) is 59.1 Å². The van der Waals surface area contributed by atoms with Gasteiger partial charge in [-0.1, -0.05) is 71.2 Å². The van der Waals surface area contributed by atoms with Gasteiger partial charge in [-0.2, -0.15) is 0 Å². The van der Waals surface area contributed by atoms with E-state index in [9.17, 15) is 9.90 Å². The zero-order chi connectivity index (χ0) is 23.5. The summed E-state index contributed by atoms with van der Waals surface area (Å²) in [6.07, 6.45) is 7.05. The fourth-order valence-corrected chi connectivity index (χ4v) is 6.09. The molecule has 1 N–H and O–H groups in total. The number of carbonyl (C=O) groups excluding carboxylic acids is 1. The lowest BCUT2D eigenvalue weighted by Gasteiger charge is -2.45. The van der Waals surface area contributed by atoms with E-state index in [2.05, 4.69) is 54.3 Å². The first kappa shape index (κ1) is 24.4. The van der Waals surface area contributed by atoms with Crippen LogP contribution in [0.25, 0.3) is 0 Å². The van der Waals surface area contributed by atoms with Gasteiger partial charge in [-0.3, -0.25) is 4.79 Å². The Bertz CT molecular complexity index is 917. The van der Waals surface area contributed by atoms with Crippen molar-refractivity contribution in [2.24, 2.45) is 5.92 Å². The van der Waals surface area contributed by atoms with Gasteiger partial charge in [0, 0.05) is 42.7 Å². The predicted octanol–water partition coefficient (Wildman–Crippen LogP) is 5.14. The first-order chi connectivity index (χ1) is 15.8. The van der Waals surface area contributed by atoms with Gasteiger partial charge in [0.25, 0.3) is 5.91 Å². The maximum absolute atomic E-state index is 13.8. The minimum Gasteiger partial charge on any atom is -0.375 e. The van der Waals surface area contributed by atoms with E-state index >= 15 is 0 Å². The highest BCUT2D eigenvalue weighted by Gasteiger charge is 2.49. The van der Waals surface area contributed by atoms with E-state index in [0.717, 1.165) is 79.1 Å². The van der Waals surface area contributed by atoms with Gasteiger partial charge >= 0.3 is 0 Å². The minimum atomic E-state index is -1.39. The van der Waals surface area contributed by atoms with Gasteiger partial charge < -0.3 is 14.5 Å². The van der Waals surface area contributed by atoms with Gasteiger partial charge in [-0.05, 0) is 36.1 Å². The molecule has 1 aliphatic carbocycles. The van der Waals surface area contributed by atoms with E-state index in [0.29, 0.717) is 6.04 Å². The molecule has 178 valence electrons. The number of hydrogen-bond acceptors (Lipinski definition) is 2. The molecule has 0 aromatic heterocycles. The molecule has 0 bridgehead atoms. The van der Waals surface area contributed by atoms with Crippen LogP contribution in [0.3, 0.4) is 0 Å². The second-order valence-electron chi connectivity index (χ2n) is 10.5. The fraction of sp³-hybridized carbons (Fsp3) is 0.536. The maximum atomic E-state index is 13.8. The Labute approximate surface area is 207 Å². The minimum absolute atomic E-state index is 0.0169. The van der Waals surface area contributed by atoms with Crippen LogP contribution in [-0.2, 0) is 16.8 Å². The van der Waals surface area contributed by atoms with Gasteiger partial charge in [0.2, 0.25) is 0 Å². The van der Waals surface area contributed by atoms with Crippen LogP contribution in [0.1, 0.15) is 49.7 Å². The number of aliphatic hydroxyl groups is 1. The molecule has 5 heteroatoms. The number of hydrogen-bond donors (Lipinski definition) is 1. The van der Waals surface area contributed by atoms with E-state index in [1.54, 1.807) is 0 Å². The van der Waals surface area contributed by atoms with Gasteiger partial charge in [0.1, 0.15) is 0 Å². The molecule has 1 heterocycles. The van der Waals surface area contributed by atoms with Crippen molar-refractivity contribution >= 4 is 21.8 Å². The Morgan fingerprint density at radius 3 is 2.21 bits per heavy atom. The van der Waals surface area contributed by atoms with Crippen LogP contribution in [0.5, 0.6) is 0 Å². The third-order valence-corrected chi connectivity index (χ3v) is 8.64. The average molecular weight is 515 g/mol. The second-order valence-corrected chi connectivity index (χ2v) is 11.4. The van der Waals surface area contributed by atoms with Crippen molar-refractivity contribution in [3.63, 3.8) is 0 Å². The van der Waals surface area contributed by atoms with E-state index in [1.807, 2.05) is 35.2 Å². The van der Waals surface area contributed by atoms with Crippen LogP contribution in [0.2, 0.25) is 0 Å². The molecule has 2 aliphatic rings. The molecule has 4 rings (SSSR count). The van der Waals surface area contributed by atoms with Gasteiger partial charge in [0.15, 0.2) is 5.60 Å². The highest BCUT2D eigenvalue weighted by molar-refractivity contribution is 9.10. The van der Waals surface area contributed by atoms with E-state index in [-0.39, 0.29) is 11.8 Å². The Morgan fingerprint density at radius 2 is 1.61 bits per heavy atom.